The number of aliphatic hydroxyl groups is 3. The number of hydrogen-bond acceptors (Lipinski definition) is 8. The number of nitrogens with zero attached hydrogens (tertiary/aromatic N) is 1. The highest BCUT2D eigenvalue weighted by Crippen LogP contribution is 2.52. The third-order valence-electron chi connectivity index (χ3n) is 9.50. The van der Waals surface area contributed by atoms with E-state index >= 15 is 4.39 Å². The number of aromatic hydroxyl groups is 1. The van der Waals surface area contributed by atoms with Crippen molar-refractivity contribution in [3.63, 3.8) is 0 Å². The molecule has 6 N–H and O–H groups in total. The molecule has 0 heterocycles. The van der Waals surface area contributed by atoms with Gasteiger partial charge in [-0.3, -0.25) is 19.3 Å². The van der Waals surface area contributed by atoms with Crippen molar-refractivity contribution < 1.29 is 39.2 Å². The van der Waals surface area contributed by atoms with Gasteiger partial charge in [-0.05, 0) is 56.6 Å². The Balaban J connectivity index is 1.50. The second-order valence-electron chi connectivity index (χ2n) is 12.2. The Kier molecular flexibility index (Phi) is 8.00. The largest absolute Gasteiger partial charge is 0.508 e. The van der Waals surface area contributed by atoms with Crippen molar-refractivity contribution in [1.29, 1.82) is 0 Å². The van der Waals surface area contributed by atoms with Crippen LogP contribution in [0.1, 0.15) is 81.4 Å². The van der Waals surface area contributed by atoms with Crippen LogP contribution in [0.3, 0.4) is 0 Å². The van der Waals surface area contributed by atoms with Crippen LogP contribution in [0.15, 0.2) is 23.0 Å². The van der Waals surface area contributed by atoms with E-state index in [1.54, 1.807) is 0 Å². The zero-order valence-corrected chi connectivity index (χ0v) is 23.4. The van der Waals surface area contributed by atoms with Crippen molar-refractivity contribution in [1.82, 2.24) is 4.90 Å². The zero-order chi connectivity index (χ0) is 29.6. The maximum absolute atomic E-state index is 16.1. The first-order valence-electron chi connectivity index (χ1n) is 14.7. The molecular weight excluding hydrogens is 531 g/mol. The molecule has 222 valence electrons. The number of halogens is 1. The minimum Gasteiger partial charge on any atom is -0.508 e. The van der Waals surface area contributed by atoms with Crippen LogP contribution in [0.25, 0.3) is 5.76 Å². The number of phenolic OH excluding ortho intramolecular Hbond substituents is 1. The van der Waals surface area contributed by atoms with Gasteiger partial charge in [0, 0.05) is 42.1 Å². The minimum absolute atomic E-state index is 0.0308. The molecule has 1 amide bonds. The molecule has 0 aliphatic heterocycles. The fraction of sp³-hybridized carbons (Fsp3) is 0.581. The number of carbonyl (C=O) groups excluding carboxylic acids is 3. The molecule has 4 aliphatic carbocycles. The zero-order valence-electron chi connectivity index (χ0n) is 23.4. The lowest BCUT2D eigenvalue weighted by Crippen LogP contribution is -2.58. The Morgan fingerprint density at radius 2 is 1.80 bits per heavy atom. The quantitative estimate of drug-likeness (QED) is 0.245. The van der Waals surface area contributed by atoms with E-state index in [2.05, 4.69) is 11.8 Å². The van der Waals surface area contributed by atoms with Gasteiger partial charge in [0.1, 0.15) is 28.7 Å². The lowest BCUT2D eigenvalue weighted by atomic mass is 9.59. The van der Waals surface area contributed by atoms with Crippen LogP contribution in [0, 0.1) is 23.6 Å². The summed E-state index contributed by atoms with van der Waals surface area (Å²) in [5.41, 5.74) is 1.63. The Labute approximate surface area is 238 Å². The van der Waals surface area contributed by atoms with E-state index in [1.165, 1.54) is 31.7 Å². The molecule has 1 aromatic rings. The molecule has 0 spiro atoms. The topological polar surface area (TPSA) is 161 Å². The number of amides is 1. The summed E-state index contributed by atoms with van der Waals surface area (Å²) >= 11 is 0. The number of primary amides is 1. The lowest BCUT2D eigenvalue weighted by molar-refractivity contribution is -0.147. The number of benzene rings is 1. The van der Waals surface area contributed by atoms with Crippen LogP contribution in [-0.2, 0) is 27.3 Å². The van der Waals surface area contributed by atoms with E-state index in [9.17, 15) is 34.8 Å². The molecule has 0 radical (unpaired) electrons. The minimum atomic E-state index is -2.64. The Morgan fingerprint density at radius 3 is 2.44 bits per heavy atom. The number of nitrogens with two attached hydrogens (primary N) is 1. The Hall–Kier alpha value is -3.24. The first kappa shape index (κ1) is 29.3. The van der Waals surface area contributed by atoms with Crippen LogP contribution < -0.4 is 5.73 Å². The fourth-order valence-electron chi connectivity index (χ4n) is 7.54. The van der Waals surface area contributed by atoms with Gasteiger partial charge in [0.15, 0.2) is 11.4 Å². The van der Waals surface area contributed by atoms with Gasteiger partial charge in [-0.2, -0.15) is 0 Å². The number of carbonyl (C=O) groups is 3. The Bertz CT molecular complexity index is 1340. The number of phenols is 1. The van der Waals surface area contributed by atoms with Crippen LogP contribution in [-0.4, -0.2) is 61.5 Å². The second-order valence-corrected chi connectivity index (χ2v) is 12.2. The van der Waals surface area contributed by atoms with Crippen molar-refractivity contribution in [3.8, 4) is 5.75 Å². The van der Waals surface area contributed by atoms with Crippen molar-refractivity contribution >= 4 is 23.2 Å². The maximum atomic E-state index is 16.1. The molecule has 9 nitrogen and oxygen atoms in total. The van der Waals surface area contributed by atoms with Crippen LogP contribution >= 0.6 is 0 Å². The monoisotopic (exact) mass is 570 g/mol. The van der Waals surface area contributed by atoms with E-state index in [-0.39, 0.29) is 35.3 Å². The molecule has 1 unspecified atom stereocenters. The molecule has 5 rings (SSSR count). The molecule has 2 fully saturated rings. The summed E-state index contributed by atoms with van der Waals surface area (Å²) in [6.45, 7) is 3.99. The van der Waals surface area contributed by atoms with E-state index in [0.29, 0.717) is 18.0 Å². The number of hydrogen-bond donors (Lipinski definition) is 5. The van der Waals surface area contributed by atoms with Gasteiger partial charge in [-0.25, -0.2) is 4.39 Å². The highest BCUT2D eigenvalue weighted by Gasteiger charge is 2.60. The molecule has 4 aliphatic rings. The third-order valence-corrected chi connectivity index (χ3v) is 9.50. The highest BCUT2D eigenvalue weighted by atomic mass is 19.1. The number of ketones is 2. The van der Waals surface area contributed by atoms with Gasteiger partial charge in [-0.15, -0.1) is 0 Å². The smallest absolute Gasteiger partial charge is 0.255 e. The molecule has 0 aromatic heterocycles. The maximum Gasteiger partial charge on any atom is 0.255 e. The van der Waals surface area contributed by atoms with E-state index < -0.39 is 64.2 Å². The molecule has 10 heteroatoms. The predicted molar refractivity (Wildman–Crippen MR) is 148 cm³/mol. The summed E-state index contributed by atoms with van der Waals surface area (Å²) in [4.78, 5) is 40.1. The summed E-state index contributed by atoms with van der Waals surface area (Å²) in [6.07, 6.45) is 7.59. The molecule has 3 atom stereocenters. The summed E-state index contributed by atoms with van der Waals surface area (Å²) in [5.74, 6) is -7.22. The molecule has 1 aromatic carbocycles. The lowest BCUT2D eigenvalue weighted by Gasteiger charge is -2.46. The average Bonchev–Trinajstić information content (AvgIpc) is 3.17. The molecule has 2 saturated carbocycles. The highest BCUT2D eigenvalue weighted by molar-refractivity contribution is 6.22. The molecular formula is C31H39FN2O7. The van der Waals surface area contributed by atoms with E-state index in [4.69, 9.17) is 5.73 Å². The number of Topliss-reactive ketones (excluding diaryl/α,β-unsaturated/α-hetero) is 2. The van der Waals surface area contributed by atoms with Gasteiger partial charge < -0.3 is 26.2 Å². The standard InChI is InChI=1S/C31H39FN2O7/c1-2-9-34(14-16-7-5-3-4-6-8-16)15-18-12-21(35)24-20(26(18)32)11-17-10-19-13-22(36)25(30(33)40)29(39)31(19,41)28(38)23(17)27(24)37/h12,16-17,19,35,37,39,41H,2-11,13-15H2,1H3,(H2,33,40)/t17?,19-,31-/m0/s1. The van der Waals surface area contributed by atoms with Crippen LogP contribution in [0.2, 0.25) is 0 Å². The first-order valence-corrected chi connectivity index (χ1v) is 14.7. The summed E-state index contributed by atoms with van der Waals surface area (Å²) in [7, 11) is 0. The number of rotatable bonds is 7. The van der Waals surface area contributed by atoms with E-state index in [1.807, 2.05) is 0 Å². The molecule has 41 heavy (non-hydrogen) atoms. The Morgan fingerprint density at radius 1 is 1.12 bits per heavy atom. The number of aliphatic hydroxyl groups excluding tert-OH is 2. The second kappa shape index (κ2) is 11.2. The predicted octanol–water partition coefficient (Wildman–Crippen LogP) is 3.75. The van der Waals surface area contributed by atoms with Crippen molar-refractivity contribution in [2.24, 2.45) is 23.5 Å². The fourth-order valence-corrected chi connectivity index (χ4v) is 7.54. The first-order chi connectivity index (χ1) is 19.5. The van der Waals surface area contributed by atoms with Crippen molar-refractivity contribution in [2.75, 3.05) is 13.1 Å². The number of fused-ring (bicyclic) bond motifs is 3. The van der Waals surface area contributed by atoms with Gasteiger partial charge in [0.05, 0.1) is 5.56 Å². The van der Waals surface area contributed by atoms with Gasteiger partial charge >= 0.3 is 0 Å². The SMILES string of the molecule is CCCN(Cc1cc(O)c2c(c1F)CC1C[C@H]3CC(=O)C(C(N)=O)=C(O)[C@@]3(O)C(=O)C1=C2O)CC1CCCCCC1. The average molecular weight is 571 g/mol. The molecule has 0 bridgehead atoms. The van der Waals surface area contributed by atoms with Crippen molar-refractivity contribution in [3.05, 3.63) is 45.5 Å². The third kappa shape index (κ3) is 4.95. The summed E-state index contributed by atoms with van der Waals surface area (Å²) < 4.78 is 16.1. The summed E-state index contributed by atoms with van der Waals surface area (Å²) in [5, 5.41) is 44.2. The summed E-state index contributed by atoms with van der Waals surface area (Å²) in [6, 6.07) is 1.29. The van der Waals surface area contributed by atoms with Crippen LogP contribution in [0.5, 0.6) is 5.75 Å². The van der Waals surface area contributed by atoms with Crippen molar-refractivity contribution in [2.45, 2.75) is 83.3 Å². The van der Waals surface area contributed by atoms with Gasteiger partial charge in [0.25, 0.3) is 5.91 Å². The van der Waals surface area contributed by atoms with E-state index in [0.717, 1.165) is 32.4 Å². The van der Waals surface area contributed by atoms with Gasteiger partial charge in [-0.1, -0.05) is 32.6 Å². The molecule has 0 saturated heterocycles. The normalized spacial score (nSPS) is 27.0. The van der Waals surface area contributed by atoms with Crippen LogP contribution in [0.4, 0.5) is 4.39 Å². The van der Waals surface area contributed by atoms with Gasteiger partial charge in [0.2, 0.25) is 5.78 Å².